The Morgan fingerprint density at radius 1 is 1.35 bits per heavy atom. The molecule has 1 rings (SSSR count). The molecule has 0 aromatic heterocycles. The molecule has 0 radical (unpaired) electrons. The third-order valence-electron chi connectivity index (χ3n) is 1.95. The SMILES string of the molecule is CC(C)NC(=O)c1cccc(NC(=O)CBr)c1. The zero-order chi connectivity index (χ0) is 12.8. The minimum atomic E-state index is -0.147. The van der Waals surface area contributed by atoms with Crippen LogP contribution in [0.5, 0.6) is 0 Å². The maximum absolute atomic E-state index is 11.7. The molecule has 0 heterocycles. The van der Waals surface area contributed by atoms with E-state index in [1.807, 2.05) is 13.8 Å². The summed E-state index contributed by atoms with van der Waals surface area (Å²) in [5.41, 5.74) is 1.15. The van der Waals surface area contributed by atoms with Crippen molar-refractivity contribution in [1.82, 2.24) is 5.32 Å². The van der Waals surface area contributed by atoms with Crippen molar-refractivity contribution in [1.29, 1.82) is 0 Å². The fourth-order valence-corrected chi connectivity index (χ4v) is 1.42. The van der Waals surface area contributed by atoms with Gasteiger partial charge in [0.1, 0.15) is 0 Å². The van der Waals surface area contributed by atoms with E-state index < -0.39 is 0 Å². The van der Waals surface area contributed by atoms with Crippen molar-refractivity contribution in [3.63, 3.8) is 0 Å². The number of amides is 2. The highest BCUT2D eigenvalue weighted by Crippen LogP contribution is 2.11. The third kappa shape index (κ3) is 4.56. The van der Waals surface area contributed by atoms with E-state index >= 15 is 0 Å². The standard InChI is InChI=1S/C12H15BrN2O2/c1-8(2)14-12(17)9-4-3-5-10(6-9)15-11(16)7-13/h3-6,8H,7H2,1-2H3,(H,14,17)(H,15,16). The number of benzene rings is 1. The predicted molar refractivity (Wildman–Crippen MR) is 71.5 cm³/mol. The quantitative estimate of drug-likeness (QED) is 0.837. The Morgan fingerprint density at radius 3 is 2.65 bits per heavy atom. The number of nitrogens with one attached hydrogen (secondary N) is 2. The van der Waals surface area contributed by atoms with Gasteiger partial charge in [-0.05, 0) is 32.0 Å². The highest BCUT2D eigenvalue weighted by molar-refractivity contribution is 9.09. The van der Waals surface area contributed by atoms with E-state index in [0.717, 1.165) is 0 Å². The molecular formula is C12H15BrN2O2. The number of hydrogen-bond acceptors (Lipinski definition) is 2. The predicted octanol–water partition coefficient (Wildman–Crippen LogP) is 2.16. The van der Waals surface area contributed by atoms with Gasteiger partial charge in [-0.1, -0.05) is 22.0 Å². The van der Waals surface area contributed by atoms with E-state index in [-0.39, 0.29) is 23.2 Å². The molecule has 92 valence electrons. The van der Waals surface area contributed by atoms with Crippen LogP contribution in [-0.4, -0.2) is 23.2 Å². The molecule has 0 aliphatic carbocycles. The molecule has 0 aliphatic rings. The van der Waals surface area contributed by atoms with Crippen LogP contribution in [0.25, 0.3) is 0 Å². The van der Waals surface area contributed by atoms with Crippen LogP contribution < -0.4 is 10.6 Å². The van der Waals surface area contributed by atoms with Crippen LogP contribution in [0.4, 0.5) is 5.69 Å². The lowest BCUT2D eigenvalue weighted by molar-refractivity contribution is -0.113. The van der Waals surface area contributed by atoms with Gasteiger partial charge in [-0.2, -0.15) is 0 Å². The minimum Gasteiger partial charge on any atom is -0.350 e. The van der Waals surface area contributed by atoms with Gasteiger partial charge in [-0.3, -0.25) is 9.59 Å². The molecular weight excluding hydrogens is 284 g/mol. The summed E-state index contributed by atoms with van der Waals surface area (Å²) in [6.07, 6.45) is 0. The molecule has 0 saturated carbocycles. The average Bonchev–Trinajstić information content (AvgIpc) is 2.28. The molecule has 0 fully saturated rings. The van der Waals surface area contributed by atoms with Crippen molar-refractivity contribution in [3.8, 4) is 0 Å². The Balaban J connectivity index is 2.78. The van der Waals surface area contributed by atoms with E-state index in [0.29, 0.717) is 11.3 Å². The van der Waals surface area contributed by atoms with Gasteiger partial charge < -0.3 is 10.6 Å². The summed E-state index contributed by atoms with van der Waals surface area (Å²) in [5, 5.41) is 5.70. The summed E-state index contributed by atoms with van der Waals surface area (Å²) in [4.78, 5) is 22.9. The van der Waals surface area contributed by atoms with Crippen LogP contribution in [-0.2, 0) is 4.79 Å². The minimum absolute atomic E-state index is 0.0864. The second-order valence-corrected chi connectivity index (χ2v) is 4.45. The highest BCUT2D eigenvalue weighted by Gasteiger charge is 2.08. The van der Waals surface area contributed by atoms with Crippen molar-refractivity contribution in [2.75, 3.05) is 10.6 Å². The number of hydrogen-bond donors (Lipinski definition) is 2. The van der Waals surface area contributed by atoms with Crippen molar-refractivity contribution >= 4 is 33.4 Å². The number of alkyl halides is 1. The van der Waals surface area contributed by atoms with Crippen molar-refractivity contribution < 1.29 is 9.59 Å². The molecule has 17 heavy (non-hydrogen) atoms. The topological polar surface area (TPSA) is 58.2 Å². The second-order valence-electron chi connectivity index (χ2n) is 3.89. The Labute approximate surface area is 109 Å². The molecule has 2 amide bonds. The maximum Gasteiger partial charge on any atom is 0.251 e. The maximum atomic E-state index is 11.7. The highest BCUT2D eigenvalue weighted by atomic mass is 79.9. The van der Waals surface area contributed by atoms with Gasteiger partial charge in [-0.15, -0.1) is 0 Å². The Kier molecular flexibility index (Phi) is 5.15. The Morgan fingerprint density at radius 2 is 2.06 bits per heavy atom. The summed E-state index contributed by atoms with van der Waals surface area (Å²) in [6, 6.07) is 6.93. The van der Waals surface area contributed by atoms with E-state index in [2.05, 4.69) is 26.6 Å². The molecule has 0 saturated heterocycles. The van der Waals surface area contributed by atoms with Crippen molar-refractivity contribution in [3.05, 3.63) is 29.8 Å². The Hall–Kier alpha value is -1.36. The molecule has 0 unspecified atom stereocenters. The van der Waals surface area contributed by atoms with Gasteiger partial charge in [0.15, 0.2) is 0 Å². The molecule has 2 N–H and O–H groups in total. The van der Waals surface area contributed by atoms with Gasteiger partial charge >= 0.3 is 0 Å². The van der Waals surface area contributed by atoms with Crippen LogP contribution in [0.15, 0.2) is 24.3 Å². The lowest BCUT2D eigenvalue weighted by Gasteiger charge is -2.09. The first-order valence-corrected chi connectivity index (χ1v) is 6.42. The van der Waals surface area contributed by atoms with E-state index in [1.165, 1.54) is 0 Å². The Bertz CT molecular complexity index is 419. The monoisotopic (exact) mass is 298 g/mol. The van der Waals surface area contributed by atoms with Crippen molar-refractivity contribution in [2.45, 2.75) is 19.9 Å². The first-order chi connectivity index (χ1) is 8.02. The lowest BCUT2D eigenvalue weighted by Crippen LogP contribution is -2.30. The molecule has 0 bridgehead atoms. The summed E-state index contributed by atoms with van der Waals surface area (Å²) in [6.45, 7) is 3.79. The van der Waals surface area contributed by atoms with E-state index in [1.54, 1.807) is 24.3 Å². The molecule has 0 aliphatic heterocycles. The first-order valence-electron chi connectivity index (χ1n) is 5.29. The zero-order valence-corrected chi connectivity index (χ0v) is 11.4. The molecule has 0 atom stereocenters. The summed E-state index contributed by atoms with van der Waals surface area (Å²) < 4.78 is 0. The number of carbonyl (C=O) groups excluding carboxylic acids is 2. The molecule has 4 nitrogen and oxygen atoms in total. The molecule has 5 heteroatoms. The third-order valence-corrected chi connectivity index (χ3v) is 2.46. The lowest BCUT2D eigenvalue weighted by atomic mass is 10.2. The van der Waals surface area contributed by atoms with Gasteiger partial charge in [0.25, 0.3) is 5.91 Å². The smallest absolute Gasteiger partial charge is 0.251 e. The second kappa shape index (κ2) is 6.39. The normalized spacial score (nSPS) is 10.1. The van der Waals surface area contributed by atoms with Crippen LogP contribution in [0.3, 0.4) is 0 Å². The largest absolute Gasteiger partial charge is 0.350 e. The fourth-order valence-electron chi connectivity index (χ4n) is 1.28. The van der Waals surface area contributed by atoms with Crippen LogP contribution >= 0.6 is 15.9 Å². The number of rotatable bonds is 4. The molecule has 1 aromatic rings. The van der Waals surface area contributed by atoms with Crippen molar-refractivity contribution in [2.24, 2.45) is 0 Å². The van der Waals surface area contributed by atoms with Gasteiger partial charge in [0, 0.05) is 17.3 Å². The first kappa shape index (κ1) is 13.7. The summed E-state index contributed by atoms with van der Waals surface area (Å²) >= 11 is 3.06. The van der Waals surface area contributed by atoms with Gasteiger partial charge in [-0.25, -0.2) is 0 Å². The zero-order valence-electron chi connectivity index (χ0n) is 9.79. The van der Waals surface area contributed by atoms with E-state index in [4.69, 9.17) is 0 Å². The molecule has 0 spiro atoms. The number of anilines is 1. The van der Waals surface area contributed by atoms with Crippen LogP contribution in [0, 0.1) is 0 Å². The summed E-state index contributed by atoms with van der Waals surface area (Å²) in [5.74, 6) is -0.290. The van der Waals surface area contributed by atoms with Crippen LogP contribution in [0.1, 0.15) is 24.2 Å². The number of halogens is 1. The average molecular weight is 299 g/mol. The number of carbonyl (C=O) groups is 2. The molecule has 1 aromatic carbocycles. The van der Waals surface area contributed by atoms with Crippen LogP contribution in [0.2, 0.25) is 0 Å². The van der Waals surface area contributed by atoms with E-state index in [9.17, 15) is 9.59 Å². The van der Waals surface area contributed by atoms with Gasteiger partial charge in [0.2, 0.25) is 5.91 Å². The fraction of sp³-hybridized carbons (Fsp3) is 0.333. The summed E-state index contributed by atoms with van der Waals surface area (Å²) in [7, 11) is 0. The van der Waals surface area contributed by atoms with Gasteiger partial charge in [0.05, 0.1) is 5.33 Å².